The summed E-state index contributed by atoms with van der Waals surface area (Å²) < 4.78 is 0. The minimum Gasteiger partial charge on any atom is -0.321 e. The zero-order chi connectivity index (χ0) is 14.1. The molecule has 3 rings (SSSR count). The summed E-state index contributed by atoms with van der Waals surface area (Å²) in [5.74, 6) is 0.204. The van der Waals surface area contributed by atoms with E-state index in [1.165, 1.54) is 6.20 Å². The summed E-state index contributed by atoms with van der Waals surface area (Å²) >= 11 is 0. The summed E-state index contributed by atoms with van der Waals surface area (Å²) in [6.07, 6.45) is 1.53. The fourth-order valence-electron chi connectivity index (χ4n) is 1.89. The third-order valence-electron chi connectivity index (χ3n) is 2.78. The zero-order valence-corrected chi connectivity index (χ0v) is 10.6. The van der Waals surface area contributed by atoms with Gasteiger partial charge in [-0.1, -0.05) is 0 Å². The van der Waals surface area contributed by atoms with E-state index in [9.17, 15) is 9.59 Å². The van der Waals surface area contributed by atoms with Crippen molar-refractivity contribution in [3.05, 3.63) is 52.5 Å². The summed E-state index contributed by atoms with van der Waals surface area (Å²) in [5.41, 5.74) is 1.90. The van der Waals surface area contributed by atoms with Gasteiger partial charge in [0, 0.05) is 11.9 Å². The van der Waals surface area contributed by atoms with Crippen LogP contribution in [0.25, 0.3) is 11.0 Å². The van der Waals surface area contributed by atoms with Crippen molar-refractivity contribution in [2.75, 3.05) is 5.32 Å². The number of aromatic nitrogens is 4. The standard InChI is InChI=1S/C13H11N5O2/c1-7-14-5-4-10(15-7)12(19)16-8-2-3-9-11(6-8)18-13(20)17-9/h2-6H,1H3,(H,16,19)(H2,17,18,20). The Morgan fingerprint density at radius 3 is 2.80 bits per heavy atom. The van der Waals surface area contributed by atoms with E-state index in [0.29, 0.717) is 28.2 Å². The number of rotatable bonds is 2. The van der Waals surface area contributed by atoms with E-state index in [1.807, 2.05) is 0 Å². The van der Waals surface area contributed by atoms with Gasteiger partial charge in [0.15, 0.2) is 0 Å². The van der Waals surface area contributed by atoms with E-state index >= 15 is 0 Å². The maximum atomic E-state index is 12.0. The van der Waals surface area contributed by atoms with E-state index in [1.54, 1.807) is 31.2 Å². The molecule has 3 aromatic rings. The molecule has 0 aliphatic carbocycles. The molecule has 0 atom stereocenters. The van der Waals surface area contributed by atoms with Crippen molar-refractivity contribution in [1.29, 1.82) is 0 Å². The molecular weight excluding hydrogens is 258 g/mol. The molecule has 1 amide bonds. The molecule has 0 aliphatic heterocycles. The van der Waals surface area contributed by atoms with Gasteiger partial charge in [0.1, 0.15) is 11.5 Å². The Labute approximate surface area is 113 Å². The quantitative estimate of drug-likeness (QED) is 0.650. The van der Waals surface area contributed by atoms with Gasteiger partial charge in [0.05, 0.1) is 11.0 Å². The highest BCUT2D eigenvalue weighted by atomic mass is 16.2. The van der Waals surface area contributed by atoms with Crippen LogP contribution < -0.4 is 11.0 Å². The molecular formula is C13H11N5O2. The Morgan fingerprint density at radius 2 is 2.00 bits per heavy atom. The van der Waals surface area contributed by atoms with E-state index in [0.717, 1.165) is 0 Å². The van der Waals surface area contributed by atoms with Gasteiger partial charge in [-0.3, -0.25) is 4.79 Å². The lowest BCUT2D eigenvalue weighted by Gasteiger charge is -2.04. The predicted molar refractivity (Wildman–Crippen MR) is 73.6 cm³/mol. The Balaban J connectivity index is 1.88. The molecule has 0 saturated heterocycles. The summed E-state index contributed by atoms with van der Waals surface area (Å²) in [7, 11) is 0. The Hall–Kier alpha value is -2.96. The zero-order valence-electron chi connectivity index (χ0n) is 10.6. The van der Waals surface area contributed by atoms with Gasteiger partial charge in [-0.05, 0) is 31.2 Å². The number of benzene rings is 1. The fraction of sp³-hybridized carbons (Fsp3) is 0.0769. The van der Waals surface area contributed by atoms with E-state index in [-0.39, 0.29) is 11.6 Å². The minimum absolute atomic E-state index is 0.282. The first-order valence-electron chi connectivity index (χ1n) is 5.95. The largest absolute Gasteiger partial charge is 0.323 e. The Kier molecular flexibility index (Phi) is 2.79. The fourth-order valence-corrected chi connectivity index (χ4v) is 1.89. The molecule has 0 unspecified atom stereocenters. The summed E-state index contributed by atoms with van der Waals surface area (Å²) in [5, 5.41) is 2.72. The molecule has 1 aromatic carbocycles. The number of aromatic amines is 2. The average molecular weight is 269 g/mol. The van der Waals surface area contributed by atoms with Crippen LogP contribution in [0.3, 0.4) is 0 Å². The maximum absolute atomic E-state index is 12.0. The number of hydrogen-bond acceptors (Lipinski definition) is 4. The number of carbonyl (C=O) groups excluding carboxylic acids is 1. The van der Waals surface area contributed by atoms with Crippen molar-refractivity contribution in [2.24, 2.45) is 0 Å². The van der Waals surface area contributed by atoms with Gasteiger partial charge in [-0.15, -0.1) is 0 Å². The molecule has 0 radical (unpaired) electrons. The average Bonchev–Trinajstić information content (AvgIpc) is 2.78. The number of aryl methyl sites for hydroxylation is 1. The maximum Gasteiger partial charge on any atom is 0.323 e. The molecule has 0 bridgehead atoms. The van der Waals surface area contributed by atoms with Crippen LogP contribution in [0.15, 0.2) is 35.3 Å². The molecule has 3 N–H and O–H groups in total. The van der Waals surface area contributed by atoms with Gasteiger partial charge < -0.3 is 15.3 Å². The number of nitrogens with one attached hydrogen (secondary N) is 3. The Bertz CT molecular complexity index is 849. The van der Waals surface area contributed by atoms with Crippen LogP contribution in [0, 0.1) is 6.92 Å². The van der Waals surface area contributed by atoms with Crippen LogP contribution in [-0.2, 0) is 0 Å². The monoisotopic (exact) mass is 269 g/mol. The number of hydrogen-bond donors (Lipinski definition) is 3. The van der Waals surface area contributed by atoms with Crippen LogP contribution >= 0.6 is 0 Å². The van der Waals surface area contributed by atoms with Crippen LogP contribution in [0.4, 0.5) is 5.69 Å². The smallest absolute Gasteiger partial charge is 0.321 e. The first-order chi connectivity index (χ1) is 9.61. The number of imidazole rings is 1. The van der Waals surface area contributed by atoms with Crippen LogP contribution in [-0.4, -0.2) is 25.8 Å². The van der Waals surface area contributed by atoms with Gasteiger partial charge in [-0.25, -0.2) is 14.8 Å². The molecule has 0 aliphatic rings. The van der Waals surface area contributed by atoms with Crippen molar-refractivity contribution in [2.45, 2.75) is 6.92 Å². The number of H-pyrrole nitrogens is 2. The highest BCUT2D eigenvalue weighted by Crippen LogP contribution is 2.15. The number of amides is 1. The second-order valence-electron chi connectivity index (χ2n) is 4.28. The molecule has 7 nitrogen and oxygen atoms in total. The second-order valence-corrected chi connectivity index (χ2v) is 4.28. The first kappa shape index (κ1) is 12.1. The normalized spacial score (nSPS) is 10.7. The summed E-state index contributed by atoms with van der Waals surface area (Å²) in [6.45, 7) is 1.72. The number of carbonyl (C=O) groups is 1. The predicted octanol–water partition coefficient (Wildman–Crippen LogP) is 1.21. The van der Waals surface area contributed by atoms with E-state index in [2.05, 4.69) is 25.3 Å². The third-order valence-corrected chi connectivity index (χ3v) is 2.78. The van der Waals surface area contributed by atoms with E-state index < -0.39 is 0 Å². The molecule has 0 fully saturated rings. The molecule has 0 saturated carbocycles. The van der Waals surface area contributed by atoms with Gasteiger partial charge in [-0.2, -0.15) is 0 Å². The van der Waals surface area contributed by atoms with Crippen LogP contribution in [0.1, 0.15) is 16.3 Å². The SMILES string of the molecule is Cc1nccc(C(=O)Nc2ccc3[nH]c(=O)[nH]c3c2)n1. The topological polar surface area (TPSA) is 104 Å². The highest BCUT2D eigenvalue weighted by molar-refractivity contribution is 6.03. The molecule has 20 heavy (non-hydrogen) atoms. The molecule has 100 valence electrons. The molecule has 7 heteroatoms. The van der Waals surface area contributed by atoms with Crippen molar-refractivity contribution in [3.63, 3.8) is 0 Å². The lowest BCUT2D eigenvalue weighted by atomic mass is 10.2. The Morgan fingerprint density at radius 1 is 1.20 bits per heavy atom. The lowest BCUT2D eigenvalue weighted by molar-refractivity contribution is 0.102. The van der Waals surface area contributed by atoms with Crippen molar-refractivity contribution in [1.82, 2.24) is 19.9 Å². The number of nitrogens with zero attached hydrogens (tertiary/aromatic N) is 2. The summed E-state index contributed by atoms with van der Waals surface area (Å²) in [4.78, 5) is 36.4. The van der Waals surface area contributed by atoms with Gasteiger partial charge in [0.25, 0.3) is 5.91 Å². The molecule has 2 aromatic heterocycles. The molecule has 2 heterocycles. The minimum atomic E-state index is -0.326. The van der Waals surface area contributed by atoms with Gasteiger partial charge in [0.2, 0.25) is 0 Å². The number of anilines is 1. The molecule has 0 spiro atoms. The first-order valence-corrected chi connectivity index (χ1v) is 5.95. The summed E-state index contributed by atoms with van der Waals surface area (Å²) in [6, 6.07) is 6.64. The second kappa shape index (κ2) is 4.61. The van der Waals surface area contributed by atoms with Crippen molar-refractivity contribution >= 4 is 22.6 Å². The van der Waals surface area contributed by atoms with Crippen molar-refractivity contribution < 1.29 is 4.79 Å². The third kappa shape index (κ3) is 2.28. The van der Waals surface area contributed by atoms with Crippen LogP contribution in [0.5, 0.6) is 0 Å². The lowest BCUT2D eigenvalue weighted by Crippen LogP contribution is -2.14. The van der Waals surface area contributed by atoms with Gasteiger partial charge >= 0.3 is 5.69 Å². The van der Waals surface area contributed by atoms with Crippen LogP contribution in [0.2, 0.25) is 0 Å². The number of fused-ring (bicyclic) bond motifs is 1. The highest BCUT2D eigenvalue weighted by Gasteiger charge is 2.09. The van der Waals surface area contributed by atoms with Crippen molar-refractivity contribution in [3.8, 4) is 0 Å². The van der Waals surface area contributed by atoms with E-state index in [4.69, 9.17) is 0 Å².